The zero-order chi connectivity index (χ0) is 24.9. The Morgan fingerprint density at radius 1 is 0.886 bits per heavy atom. The average Bonchev–Trinajstić information content (AvgIpc) is 2.88. The van der Waals surface area contributed by atoms with Crippen LogP contribution in [-0.4, -0.2) is 35.1 Å². The fourth-order valence-electron chi connectivity index (χ4n) is 3.76. The standard InChI is InChI=1S/C29H33ClN2O2S/c1-2-3-18-31-29(34)27(19-23-10-6-4-7-11-23)32(20-24-12-8-5-9-13-24)28(33)22-35-21-25-14-16-26(30)17-15-25/h4-17,27H,2-3,18-22H2,1H3,(H,31,34)/t27-/m1/s1. The molecule has 2 amide bonds. The largest absolute Gasteiger partial charge is 0.354 e. The van der Waals surface area contributed by atoms with Gasteiger partial charge in [0.05, 0.1) is 5.75 Å². The number of halogens is 1. The Labute approximate surface area is 218 Å². The molecule has 0 heterocycles. The molecule has 0 aliphatic heterocycles. The van der Waals surface area contributed by atoms with Crippen molar-refractivity contribution in [3.8, 4) is 0 Å². The summed E-state index contributed by atoms with van der Waals surface area (Å²) in [4.78, 5) is 28.7. The number of unbranched alkanes of at least 4 members (excludes halogenated alkanes) is 1. The lowest BCUT2D eigenvalue weighted by Crippen LogP contribution is -2.51. The van der Waals surface area contributed by atoms with E-state index >= 15 is 0 Å². The molecule has 6 heteroatoms. The van der Waals surface area contributed by atoms with E-state index in [1.54, 1.807) is 16.7 Å². The van der Waals surface area contributed by atoms with Crippen LogP contribution in [0.4, 0.5) is 0 Å². The van der Waals surface area contributed by atoms with E-state index in [-0.39, 0.29) is 11.8 Å². The van der Waals surface area contributed by atoms with E-state index in [9.17, 15) is 9.59 Å². The molecule has 0 aromatic heterocycles. The summed E-state index contributed by atoms with van der Waals surface area (Å²) in [5.41, 5.74) is 3.14. The predicted octanol–water partition coefficient (Wildman–Crippen LogP) is 6.13. The van der Waals surface area contributed by atoms with Crippen LogP contribution in [0, 0.1) is 0 Å². The Bertz CT molecular complexity index is 1050. The van der Waals surface area contributed by atoms with Crippen LogP contribution in [0.25, 0.3) is 0 Å². The normalized spacial score (nSPS) is 11.6. The number of rotatable bonds is 13. The van der Waals surface area contributed by atoms with Crippen LogP contribution in [0.1, 0.15) is 36.5 Å². The van der Waals surface area contributed by atoms with Gasteiger partial charge in [-0.25, -0.2) is 0 Å². The van der Waals surface area contributed by atoms with Gasteiger partial charge < -0.3 is 10.2 Å². The van der Waals surface area contributed by atoms with Gasteiger partial charge in [0.25, 0.3) is 0 Å². The van der Waals surface area contributed by atoms with Crippen molar-refractivity contribution in [3.05, 3.63) is 107 Å². The summed E-state index contributed by atoms with van der Waals surface area (Å²) in [5, 5.41) is 3.76. The number of nitrogens with one attached hydrogen (secondary N) is 1. The molecule has 0 aliphatic rings. The second kappa shape index (κ2) is 14.6. The lowest BCUT2D eigenvalue weighted by Gasteiger charge is -2.31. The van der Waals surface area contributed by atoms with Gasteiger partial charge in [-0.2, -0.15) is 0 Å². The monoisotopic (exact) mass is 508 g/mol. The van der Waals surface area contributed by atoms with Crippen molar-refractivity contribution >= 4 is 35.2 Å². The van der Waals surface area contributed by atoms with Crippen molar-refractivity contribution in [2.75, 3.05) is 12.3 Å². The highest BCUT2D eigenvalue weighted by molar-refractivity contribution is 7.99. The number of carbonyl (C=O) groups excluding carboxylic acids is 2. The maximum atomic E-state index is 13.6. The lowest BCUT2D eigenvalue weighted by molar-refractivity contribution is -0.139. The molecule has 184 valence electrons. The van der Waals surface area contributed by atoms with Crippen molar-refractivity contribution in [1.82, 2.24) is 10.2 Å². The molecule has 0 aliphatic carbocycles. The van der Waals surface area contributed by atoms with Crippen LogP contribution in [0.15, 0.2) is 84.9 Å². The smallest absolute Gasteiger partial charge is 0.243 e. The van der Waals surface area contributed by atoms with Gasteiger partial charge in [-0.3, -0.25) is 9.59 Å². The highest BCUT2D eigenvalue weighted by atomic mass is 35.5. The van der Waals surface area contributed by atoms with Crippen LogP contribution in [0.5, 0.6) is 0 Å². The van der Waals surface area contributed by atoms with Crippen LogP contribution in [0.3, 0.4) is 0 Å². The zero-order valence-electron chi connectivity index (χ0n) is 20.2. The zero-order valence-corrected chi connectivity index (χ0v) is 21.7. The summed E-state index contributed by atoms with van der Waals surface area (Å²) in [6.07, 6.45) is 2.38. The maximum absolute atomic E-state index is 13.6. The fraction of sp³-hybridized carbons (Fsp3) is 0.310. The summed E-state index contributed by atoms with van der Waals surface area (Å²) in [5.74, 6) is 0.852. The van der Waals surface area contributed by atoms with Gasteiger partial charge in [0.15, 0.2) is 0 Å². The average molecular weight is 509 g/mol. The van der Waals surface area contributed by atoms with Gasteiger partial charge in [-0.15, -0.1) is 11.8 Å². The van der Waals surface area contributed by atoms with Crippen LogP contribution in [0.2, 0.25) is 5.02 Å². The Balaban J connectivity index is 1.79. The Kier molecular flexibility index (Phi) is 11.2. The van der Waals surface area contributed by atoms with E-state index in [0.717, 1.165) is 29.5 Å². The van der Waals surface area contributed by atoms with E-state index in [1.807, 2.05) is 84.9 Å². The number of thioether (sulfide) groups is 1. The highest BCUT2D eigenvalue weighted by Gasteiger charge is 2.30. The predicted molar refractivity (Wildman–Crippen MR) is 146 cm³/mol. The number of hydrogen-bond donors (Lipinski definition) is 1. The first-order chi connectivity index (χ1) is 17.1. The van der Waals surface area contributed by atoms with Crippen LogP contribution >= 0.6 is 23.4 Å². The first kappa shape index (κ1) is 26.8. The molecule has 3 aromatic rings. The summed E-state index contributed by atoms with van der Waals surface area (Å²) in [7, 11) is 0. The molecule has 0 saturated carbocycles. The van der Waals surface area contributed by atoms with E-state index < -0.39 is 6.04 Å². The van der Waals surface area contributed by atoms with E-state index in [2.05, 4.69) is 12.2 Å². The summed E-state index contributed by atoms with van der Waals surface area (Å²) < 4.78 is 0. The lowest BCUT2D eigenvalue weighted by atomic mass is 10.0. The molecule has 0 radical (unpaired) electrons. The molecule has 4 nitrogen and oxygen atoms in total. The van der Waals surface area contributed by atoms with Gasteiger partial charge in [0.2, 0.25) is 11.8 Å². The molecule has 1 atom stereocenters. The van der Waals surface area contributed by atoms with Crippen molar-refractivity contribution in [2.24, 2.45) is 0 Å². The topological polar surface area (TPSA) is 49.4 Å². The number of carbonyl (C=O) groups is 2. The first-order valence-electron chi connectivity index (χ1n) is 12.0. The molecular formula is C29H33ClN2O2S. The second-order valence-corrected chi connectivity index (χ2v) is 9.90. The first-order valence-corrected chi connectivity index (χ1v) is 13.6. The third-order valence-corrected chi connectivity index (χ3v) is 6.94. The molecule has 0 spiro atoms. The molecule has 0 unspecified atom stereocenters. The Morgan fingerprint density at radius 2 is 1.51 bits per heavy atom. The van der Waals surface area contributed by atoms with Crippen LogP contribution in [-0.2, 0) is 28.3 Å². The Morgan fingerprint density at radius 3 is 2.14 bits per heavy atom. The van der Waals surface area contributed by atoms with Crippen molar-refractivity contribution in [2.45, 2.75) is 44.5 Å². The van der Waals surface area contributed by atoms with Crippen molar-refractivity contribution in [1.29, 1.82) is 0 Å². The molecule has 35 heavy (non-hydrogen) atoms. The van der Waals surface area contributed by atoms with Gasteiger partial charge in [0, 0.05) is 30.3 Å². The number of benzene rings is 3. The van der Waals surface area contributed by atoms with Gasteiger partial charge >= 0.3 is 0 Å². The molecule has 0 bridgehead atoms. The van der Waals surface area contributed by atoms with Gasteiger partial charge in [-0.1, -0.05) is 97.7 Å². The molecule has 1 N–H and O–H groups in total. The number of amides is 2. The fourth-order valence-corrected chi connectivity index (χ4v) is 4.76. The minimum Gasteiger partial charge on any atom is -0.354 e. The summed E-state index contributed by atoms with van der Waals surface area (Å²) in [6.45, 7) is 3.09. The summed E-state index contributed by atoms with van der Waals surface area (Å²) >= 11 is 7.54. The molecule has 3 rings (SSSR count). The molecule has 0 saturated heterocycles. The summed E-state index contributed by atoms with van der Waals surface area (Å²) in [6, 6.07) is 26.8. The highest BCUT2D eigenvalue weighted by Crippen LogP contribution is 2.19. The molecule has 3 aromatic carbocycles. The Hall–Kier alpha value is -2.76. The SMILES string of the molecule is CCCCNC(=O)[C@@H](Cc1ccccc1)N(Cc1ccccc1)C(=O)CSCc1ccc(Cl)cc1. The number of nitrogens with zero attached hydrogens (tertiary/aromatic N) is 1. The third kappa shape index (κ3) is 9.08. The molecule has 0 fully saturated rings. The minimum atomic E-state index is -0.585. The molecular weight excluding hydrogens is 476 g/mol. The van der Waals surface area contributed by atoms with Crippen molar-refractivity contribution < 1.29 is 9.59 Å². The van der Waals surface area contributed by atoms with Crippen molar-refractivity contribution in [3.63, 3.8) is 0 Å². The van der Waals surface area contributed by atoms with Gasteiger partial charge in [0.1, 0.15) is 6.04 Å². The van der Waals surface area contributed by atoms with Gasteiger partial charge in [-0.05, 0) is 35.2 Å². The van der Waals surface area contributed by atoms with E-state index in [4.69, 9.17) is 11.6 Å². The quantitative estimate of drug-likeness (QED) is 0.282. The van der Waals surface area contributed by atoms with E-state index in [1.165, 1.54) is 0 Å². The van der Waals surface area contributed by atoms with Crippen LogP contribution < -0.4 is 5.32 Å². The number of hydrogen-bond acceptors (Lipinski definition) is 3. The van der Waals surface area contributed by atoms with E-state index in [0.29, 0.717) is 36.0 Å². The third-order valence-electron chi connectivity index (χ3n) is 5.70. The maximum Gasteiger partial charge on any atom is 0.243 e. The second-order valence-electron chi connectivity index (χ2n) is 8.48. The minimum absolute atomic E-state index is 0.0422.